The molecular weight excluding hydrogens is 478 g/mol. The van der Waals surface area contributed by atoms with E-state index >= 15 is 0 Å². The van der Waals surface area contributed by atoms with Gasteiger partial charge < -0.3 is 24.1 Å². The highest BCUT2D eigenvalue weighted by Gasteiger charge is 2.14. The number of aromatic nitrogens is 2. The molecule has 0 aliphatic heterocycles. The third-order valence-electron chi connectivity index (χ3n) is 6.61. The number of benzene rings is 3. The lowest BCUT2D eigenvalue weighted by molar-refractivity contribution is 0.0949. The van der Waals surface area contributed by atoms with Crippen molar-refractivity contribution in [3.8, 4) is 17.2 Å². The molecular formula is C31H37N3O4. The van der Waals surface area contributed by atoms with E-state index in [1.807, 2.05) is 18.2 Å². The average molecular weight is 516 g/mol. The summed E-state index contributed by atoms with van der Waals surface area (Å²) in [5.74, 6) is 3.11. The Balaban J connectivity index is 1.40. The number of hydrogen-bond acceptors (Lipinski definition) is 5. The van der Waals surface area contributed by atoms with Gasteiger partial charge in [0.25, 0.3) is 5.91 Å². The molecule has 0 bridgehead atoms. The Bertz CT molecular complexity index is 1390. The van der Waals surface area contributed by atoms with E-state index in [1.165, 1.54) is 11.1 Å². The van der Waals surface area contributed by atoms with Gasteiger partial charge in [0.05, 0.1) is 38.4 Å². The molecule has 1 heterocycles. The molecule has 0 aliphatic carbocycles. The van der Waals surface area contributed by atoms with Crippen LogP contribution < -0.4 is 19.5 Å². The number of amides is 1. The number of ether oxygens (including phenoxy) is 3. The topological polar surface area (TPSA) is 74.6 Å². The van der Waals surface area contributed by atoms with Gasteiger partial charge in [0.15, 0.2) is 11.5 Å². The first-order chi connectivity index (χ1) is 18.4. The van der Waals surface area contributed by atoms with Crippen LogP contribution in [0.2, 0.25) is 0 Å². The van der Waals surface area contributed by atoms with Crippen LogP contribution in [0.4, 0.5) is 0 Å². The predicted octanol–water partition coefficient (Wildman–Crippen LogP) is 6.27. The molecule has 1 N–H and O–H groups in total. The van der Waals surface area contributed by atoms with Gasteiger partial charge in [0, 0.05) is 12.1 Å². The van der Waals surface area contributed by atoms with Crippen molar-refractivity contribution >= 4 is 16.9 Å². The van der Waals surface area contributed by atoms with Gasteiger partial charge in [0.1, 0.15) is 11.6 Å². The van der Waals surface area contributed by atoms with Crippen molar-refractivity contribution in [1.29, 1.82) is 0 Å². The van der Waals surface area contributed by atoms with Crippen molar-refractivity contribution in [2.75, 3.05) is 20.8 Å². The van der Waals surface area contributed by atoms with Crippen molar-refractivity contribution in [3.05, 3.63) is 83.2 Å². The lowest BCUT2D eigenvalue weighted by atomic mass is 10.0. The second-order valence-electron chi connectivity index (χ2n) is 9.67. The number of nitrogens with zero attached hydrogens (tertiary/aromatic N) is 2. The summed E-state index contributed by atoms with van der Waals surface area (Å²) in [5.41, 5.74) is 4.92. The number of methoxy groups -OCH3 is 2. The Morgan fingerprint density at radius 1 is 0.947 bits per heavy atom. The van der Waals surface area contributed by atoms with E-state index in [2.05, 4.69) is 54.9 Å². The number of carbonyl (C=O) groups excluding carboxylic acids is 1. The number of carbonyl (C=O) groups is 1. The van der Waals surface area contributed by atoms with E-state index in [4.69, 9.17) is 19.2 Å². The second-order valence-corrected chi connectivity index (χ2v) is 9.67. The Labute approximate surface area is 224 Å². The largest absolute Gasteiger partial charge is 0.493 e. The molecule has 3 aromatic carbocycles. The summed E-state index contributed by atoms with van der Waals surface area (Å²) in [6.07, 6.45) is 1.84. The van der Waals surface area contributed by atoms with E-state index in [0.29, 0.717) is 36.1 Å². The smallest absolute Gasteiger partial charge is 0.251 e. The fraction of sp³-hybridized carbons (Fsp3) is 0.355. The average Bonchev–Trinajstić information content (AvgIpc) is 3.28. The van der Waals surface area contributed by atoms with Crippen molar-refractivity contribution in [1.82, 2.24) is 14.9 Å². The number of para-hydroxylation sites is 2. The summed E-state index contributed by atoms with van der Waals surface area (Å²) in [6.45, 7) is 8.23. The highest BCUT2D eigenvalue weighted by atomic mass is 16.5. The fourth-order valence-electron chi connectivity index (χ4n) is 4.55. The highest BCUT2D eigenvalue weighted by molar-refractivity contribution is 5.94. The zero-order valence-electron chi connectivity index (χ0n) is 22.9. The van der Waals surface area contributed by atoms with Gasteiger partial charge in [-0.2, -0.15) is 0 Å². The molecule has 38 heavy (non-hydrogen) atoms. The minimum Gasteiger partial charge on any atom is -0.493 e. The van der Waals surface area contributed by atoms with Gasteiger partial charge in [-0.15, -0.1) is 0 Å². The molecule has 0 spiro atoms. The zero-order chi connectivity index (χ0) is 27.1. The van der Waals surface area contributed by atoms with Crippen LogP contribution >= 0.6 is 0 Å². The van der Waals surface area contributed by atoms with Crippen LogP contribution in [0.5, 0.6) is 17.2 Å². The first-order valence-corrected chi connectivity index (χ1v) is 13.1. The minimum absolute atomic E-state index is 0.197. The molecule has 0 unspecified atom stereocenters. The number of rotatable bonds is 12. The quantitative estimate of drug-likeness (QED) is 0.225. The maximum absolute atomic E-state index is 12.9. The summed E-state index contributed by atoms with van der Waals surface area (Å²) in [4.78, 5) is 17.7. The monoisotopic (exact) mass is 515 g/mol. The van der Waals surface area contributed by atoms with Crippen molar-refractivity contribution in [2.45, 2.75) is 52.6 Å². The number of hydrogen-bond donors (Lipinski definition) is 1. The van der Waals surface area contributed by atoms with E-state index in [-0.39, 0.29) is 5.91 Å². The standard InChI is InChI=1S/C31H37N3O4/c1-21(2)24-14-12-22(3)18-28(24)38-17-9-8-16-34-26-11-7-6-10-25(26)33-30(34)20-32-31(35)23-13-15-27(36-4)29(19-23)37-5/h6-7,10-15,18-19,21H,8-9,16-17,20H2,1-5H3,(H,32,35). The van der Waals surface area contributed by atoms with Crippen LogP contribution in [-0.2, 0) is 13.1 Å². The maximum atomic E-state index is 12.9. The highest BCUT2D eigenvalue weighted by Crippen LogP contribution is 2.28. The first kappa shape index (κ1) is 27.0. The van der Waals surface area contributed by atoms with Gasteiger partial charge in [-0.1, -0.05) is 38.1 Å². The third kappa shape index (κ3) is 6.28. The maximum Gasteiger partial charge on any atom is 0.251 e. The summed E-state index contributed by atoms with van der Waals surface area (Å²) in [6, 6.07) is 19.6. The number of fused-ring (bicyclic) bond motifs is 1. The molecule has 200 valence electrons. The molecule has 0 saturated carbocycles. The molecule has 0 aliphatic rings. The first-order valence-electron chi connectivity index (χ1n) is 13.1. The molecule has 0 radical (unpaired) electrons. The summed E-state index contributed by atoms with van der Waals surface area (Å²) < 4.78 is 19.0. The van der Waals surface area contributed by atoms with E-state index in [1.54, 1.807) is 32.4 Å². The minimum atomic E-state index is -0.197. The van der Waals surface area contributed by atoms with Crippen LogP contribution in [0.15, 0.2) is 60.7 Å². The van der Waals surface area contributed by atoms with Gasteiger partial charge in [0.2, 0.25) is 0 Å². The van der Waals surface area contributed by atoms with E-state index in [9.17, 15) is 4.79 Å². The molecule has 0 saturated heterocycles. The third-order valence-corrected chi connectivity index (χ3v) is 6.61. The zero-order valence-corrected chi connectivity index (χ0v) is 22.9. The molecule has 7 nitrogen and oxygen atoms in total. The second kappa shape index (κ2) is 12.5. The number of imidazole rings is 1. The van der Waals surface area contributed by atoms with Gasteiger partial charge in [-0.05, 0) is 73.2 Å². The van der Waals surface area contributed by atoms with Gasteiger partial charge >= 0.3 is 0 Å². The van der Waals surface area contributed by atoms with Crippen LogP contribution in [0.25, 0.3) is 11.0 Å². The lowest BCUT2D eigenvalue weighted by Gasteiger charge is -2.15. The Hall–Kier alpha value is -4.00. The normalized spacial score (nSPS) is 11.1. The summed E-state index contributed by atoms with van der Waals surface area (Å²) in [5, 5.41) is 3.01. The summed E-state index contributed by atoms with van der Waals surface area (Å²) in [7, 11) is 3.12. The van der Waals surface area contributed by atoms with Gasteiger partial charge in [-0.3, -0.25) is 4.79 Å². The lowest BCUT2D eigenvalue weighted by Crippen LogP contribution is -2.25. The van der Waals surface area contributed by atoms with Crippen molar-refractivity contribution < 1.29 is 19.0 Å². The fourth-order valence-corrected chi connectivity index (χ4v) is 4.55. The van der Waals surface area contributed by atoms with E-state index < -0.39 is 0 Å². The Morgan fingerprint density at radius 3 is 2.50 bits per heavy atom. The van der Waals surface area contributed by atoms with Crippen LogP contribution in [0.3, 0.4) is 0 Å². The van der Waals surface area contributed by atoms with Crippen LogP contribution in [0.1, 0.15) is 59.9 Å². The Kier molecular flexibility index (Phi) is 8.89. The van der Waals surface area contributed by atoms with Crippen molar-refractivity contribution in [3.63, 3.8) is 0 Å². The Morgan fingerprint density at radius 2 is 1.74 bits per heavy atom. The SMILES string of the molecule is COc1ccc(C(=O)NCc2nc3ccccc3n2CCCCOc2cc(C)ccc2C(C)C)cc1OC. The van der Waals surface area contributed by atoms with Gasteiger partial charge in [-0.25, -0.2) is 4.98 Å². The van der Waals surface area contributed by atoms with Crippen LogP contribution in [-0.4, -0.2) is 36.3 Å². The molecule has 7 heteroatoms. The predicted molar refractivity (Wildman–Crippen MR) is 150 cm³/mol. The van der Waals surface area contributed by atoms with Crippen LogP contribution in [0, 0.1) is 6.92 Å². The van der Waals surface area contributed by atoms with E-state index in [0.717, 1.165) is 42.0 Å². The number of nitrogens with one attached hydrogen (secondary N) is 1. The summed E-state index contributed by atoms with van der Waals surface area (Å²) >= 11 is 0. The molecule has 1 amide bonds. The molecule has 4 rings (SSSR count). The molecule has 1 aromatic heterocycles. The number of unbranched alkanes of at least 4 members (excludes halogenated alkanes) is 1. The molecule has 4 aromatic rings. The molecule has 0 fully saturated rings. The van der Waals surface area contributed by atoms with Crippen molar-refractivity contribution in [2.24, 2.45) is 0 Å². The number of aryl methyl sites for hydroxylation is 2. The molecule has 0 atom stereocenters.